The summed E-state index contributed by atoms with van der Waals surface area (Å²) in [6.07, 6.45) is 5.21. The summed E-state index contributed by atoms with van der Waals surface area (Å²) in [5.74, 6) is -4.39. The van der Waals surface area contributed by atoms with Crippen LogP contribution in [0.3, 0.4) is 0 Å². The number of alkyl carbamates (subject to hydrolysis) is 2. The number of nitrogens with one attached hydrogen (secondary N) is 9. The summed E-state index contributed by atoms with van der Waals surface area (Å²) >= 11 is 0. The standard InChI is InChI=1S/C35H49N9O7.C20H30N6O7.C15H21N3O.ClH/c1-6-19-43(5)32(47)29(21-24-22-38-26-16-11-10-15-25(24)26)40-30(45)27(17-12-18-37-33(36)42-44(49)50)39-31(46)28(20-23-13-8-7-9-14-23)41-34(48)51-35(2,3)4;1-20(2,3)33-19(30)24-15(12-13-8-5-4-6-9-13)16(27)23-14(17(28)29)10-7-11-22-18(21)25-26(31)32;1-3-8-18(2)15(19)13(16)9-11-10-17-14-7-5-4-6-12(11)14;/h7-11,13-16,22,27-29,38H,6,12,17-21H2,1-5H3,(H,39,46)(H,40,45)(H,41,48)(H3,36,37,42);4-6,8-9,14-15H,7,10-12H2,1-3H3,(H,23,27)(H,24,30)(H,28,29)(H3,21,22,25);4-7,10,13,17H,3,8-9,16H2,1-2H3;1H/t27-,28+,29-;14-,15+;13-;/m000./s1. The second kappa shape index (κ2) is 43.7. The van der Waals surface area contributed by atoms with Crippen molar-refractivity contribution in [2.45, 2.75) is 167 Å². The fourth-order valence-corrected chi connectivity index (χ4v) is 10.4. The highest BCUT2D eigenvalue weighted by atomic mass is 35.5. The Labute approximate surface area is 610 Å². The Balaban J connectivity index is 0.000000451. The van der Waals surface area contributed by atoms with E-state index in [9.17, 15) is 63.7 Å². The molecule has 34 heteroatoms. The molecule has 0 fully saturated rings. The van der Waals surface area contributed by atoms with Crippen LogP contribution in [0, 0.1) is 20.2 Å². The average Bonchev–Trinajstić information content (AvgIpc) is 1.67. The number of nitro groups is 2. The summed E-state index contributed by atoms with van der Waals surface area (Å²) in [6, 6.07) is 27.5. The van der Waals surface area contributed by atoms with E-state index >= 15 is 0 Å². The summed E-state index contributed by atoms with van der Waals surface area (Å²) < 4.78 is 10.6. The van der Waals surface area contributed by atoms with Crippen LogP contribution < -0.4 is 54.4 Å². The van der Waals surface area contributed by atoms with Crippen LogP contribution in [-0.2, 0) is 63.9 Å². The van der Waals surface area contributed by atoms with Gasteiger partial charge in [-0.25, -0.2) is 34.6 Å². The Morgan fingerprint density at radius 1 is 0.529 bits per heavy atom. The quantitative estimate of drug-likeness (QED) is 0.00800. The number of carbonyl (C=O) groups excluding carboxylic acids is 7. The molecular formula is C70H101ClN18O15. The molecule has 0 aliphatic carbocycles. The summed E-state index contributed by atoms with van der Waals surface area (Å²) in [6.45, 7) is 15.5. The number of nitrogens with two attached hydrogens (primary N) is 3. The highest BCUT2D eigenvalue weighted by molar-refractivity contribution is 5.95. The van der Waals surface area contributed by atoms with Gasteiger partial charge in [0.15, 0.2) is 10.1 Å². The summed E-state index contributed by atoms with van der Waals surface area (Å²) in [5, 5.41) is 54.6. The van der Waals surface area contributed by atoms with Gasteiger partial charge in [0.05, 0.1) is 6.04 Å². The number of carboxylic acids is 1. The number of halogens is 1. The molecule has 7 amide bonds. The van der Waals surface area contributed by atoms with Gasteiger partial charge in [-0.05, 0) is 121 Å². The topological polar surface area (TPSA) is 487 Å². The van der Waals surface area contributed by atoms with Crippen LogP contribution in [0.4, 0.5) is 9.59 Å². The molecule has 6 aromatic rings. The molecule has 0 spiro atoms. The van der Waals surface area contributed by atoms with Crippen molar-refractivity contribution in [1.82, 2.24) is 57.0 Å². The molecule has 0 saturated carbocycles. The van der Waals surface area contributed by atoms with Gasteiger partial charge in [0.25, 0.3) is 11.9 Å². The predicted molar refractivity (Wildman–Crippen MR) is 397 cm³/mol. The van der Waals surface area contributed by atoms with Crippen LogP contribution in [0.15, 0.2) is 132 Å². The zero-order valence-electron chi connectivity index (χ0n) is 60.4. The molecule has 6 rings (SSSR count). The molecule has 568 valence electrons. The maximum Gasteiger partial charge on any atom is 0.408 e. The lowest BCUT2D eigenvalue weighted by Gasteiger charge is -2.28. The number of fused-ring (bicyclic) bond motifs is 2. The van der Waals surface area contributed by atoms with Crippen molar-refractivity contribution in [2.75, 3.05) is 40.3 Å². The number of amides is 7. The van der Waals surface area contributed by atoms with Gasteiger partial charge in [-0.1, -0.05) is 111 Å². The Bertz CT molecular complexity index is 3820. The van der Waals surface area contributed by atoms with Gasteiger partial charge in [-0.3, -0.25) is 24.0 Å². The number of hydrogen-bond acceptors (Lipinski definition) is 15. The number of benzene rings is 4. The zero-order chi connectivity index (χ0) is 76.4. The number of nitrogens with zero attached hydrogens (tertiary/aromatic N) is 6. The SMILES string of the molecule is CC(C)(C)OC(=O)N[C@H](Cc1ccccc1)C(=O)N[C@@H](CCCN/C(N)=N/[N+](=O)[O-])C(=O)O.CCCN(C)C(=O)[C@@H](N)Cc1c[nH]c2ccccc12.CCCN(C)C(=O)[C@H](Cc1c[nH]c2ccccc12)NC(=O)[C@H](CCCN/C(N)=N/[N+](=O)[O-])NC(=O)[C@@H](Cc1ccccc1)NC(=O)OC(C)(C)C.Cl. The van der Waals surface area contributed by atoms with E-state index in [-0.39, 0.29) is 82.3 Å². The van der Waals surface area contributed by atoms with E-state index in [1.807, 2.05) is 67.7 Å². The Morgan fingerprint density at radius 3 is 1.30 bits per heavy atom. The largest absolute Gasteiger partial charge is 0.480 e. The van der Waals surface area contributed by atoms with E-state index in [0.717, 1.165) is 57.0 Å². The van der Waals surface area contributed by atoms with Crippen molar-refractivity contribution in [1.29, 1.82) is 0 Å². The van der Waals surface area contributed by atoms with Gasteiger partial charge in [0.2, 0.25) is 29.5 Å². The van der Waals surface area contributed by atoms with Gasteiger partial charge in [0, 0.05) is 93.7 Å². The number of hydrazone groups is 2. The first-order valence-electron chi connectivity index (χ1n) is 33.7. The van der Waals surface area contributed by atoms with E-state index in [1.54, 1.807) is 126 Å². The minimum atomic E-state index is -1.27. The molecule has 104 heavy (non-hydrogen) atoms. The maximum absolute atomic E-state index is 14.1. The lowest BCUT2D eigenvalue weighted by atomic mass is 10.0. The minimum Gasteiger partial charge on any atom is -0.480 e. The third kappa shape index (κ3) is 32.3. The number of aromatic amines is 2. The summed E-state index contributed by atoms with van der Waals surface area (Å²) in [7, 11) is 3.47. The van der Waals surface area contributed by atoms with Gasteiger partial charge >= 0.3 is 18.2 Å². The number of hydrogen-bond donors (Lipinski definition) is 13. The van der Waals surface area contributed by atoms with E-state index in [0.29, 0.717) is 19.4 Å². The normalized spacial score (nSPS) is 13.1. The van der Waals surface area contributed by atoms with Crippen molar-refractivity contribution >= 4 is 93.8 Å². The Kier molecular flexibility index (Phi) is 36.6. The van der Waals surface area contributed by atoms with Crippen LogP contribution in [0.5, 0.6) is 0 Å². The fourth-order valence-electron chi connectivity index (χ4n) is 10.4. The van der Waals surface area contributed by atoms with Crippen LogP contribution in [-0.4, -0.2) is 182 Å². The Hall–Kier alpha value is -11.1. The van der Waals surface area contributed by atoms with E-state index in [4.69, 9.17) is 26.7 Å². The van der Waals surface area contributed by atoms with E-state index in [1.165, 1.54) is 0 Å². The highest BCUT2D eigenvalue weighted by Crippen LogP contribution is 2.22. The number of guanidine groups is 2. The number of likely N-dealkylation sites (N-methyl/N-ethyl adjacent to an activating group) is 2. The molecule has 33 nitrogen and oxygen atoms in total. The number of aliphatic carboxylic acids is 1. The third-order valence-corrected chi connectivity index (χ3v) is 15.2. The number of H-pyrrole nitrogens is 2. The first kappa shape index (κ1) is 87.1. The number of rotatable bonds is 33. The van der Waals surface area contributed by atoms with Crippen LogP contribution in [0.1, 0.15) is 116 Å². The molecular weight excluding hydrogens is 1370 g/mol. The molecule has 0 bridgehead atoms. The molecule has 0 saturated heterocycles. The minimum absolute atomic E-state index is 0. The Morgan fingerprint density at radius 2 is 0.894 bits per heavy atom. The van der Waals surface area contributed by atoms with Gasteiger partial charge in [0.1, 0.15) is 51.6 Å². The van der Waals surface area contributed by atoms with Crippen molar-refractivity contribution in [3.05, 3.63) is 164 Å². The second-order valence-corrected chi connectivity index (χ2v) is 26.1. The number of carbonyl (C=O) groups is 8. The molecule has 0 unspecified atom stereocenters. The highest BCUT2D eigenvalue weighted by Gasteiger charge is 2.33. The lowest BCUT2D eigenvalue weighted by Crippen LogP contribution is -2.58. The van der Waals surface area contributed by atoms with Gasteiger partial charge in [-0.2, -0.15) is 0 Å². The third-order valence-electron chi connectivity index (χ3n) is 15.2. The monoisotopic (exact) mass is 1470 g/mol. The van der Waals surface area contributed by atoms with Crippen LogP contribution >= 0.6 is 12.4 Å². The van der Waals surface area contributed by atoms with Crippen molar-refractivity contribution in [3.63, 3.8) is 0 Å². The fraction of sp³-hybridized carbons (Fsp3) is 0.457. The zero-order valence-corrected chi connectivity index (χ0v) is 61.2. The van der Waals surface area contributed by atoms with Gasteiger partial charge in [-0.15, -0.1) is 12.4 Å². The van der Waals surface area contributed by atoms with Crippen molar-refractivity contribution in [3.8, 4) is 0 Å². The molecule has 0 aliphatic rings. The predicted octanol–water partition coefficient (Wildman–Crippen LogP) is 5.46. The summed E-state index contributed by atoms with van der Waals surface area (Å²) in [5.41, 5.74) is 20.6. The number of ether oxygens (including phenoxy) is 2. The van der Waals surface area contributed by atoms with E-state index < -0.39 is 105 Å². The summed E-state index contributed by atoms with van der Waals surface area (Å²) in [4.78, 5) is 134. The number of aromatic nitrogens is 2. The second-order valence-electron chi connectivity index (χ2n) is 26.1. The van der Waals surface area contributed by atoms with Crippen LogP contribution in [0.2, 0.25) is 0 Å². The molecule has 0 radical (unpaired) electrons. The van der Waals surface area contributed by atoms with Crippen molar-refractivity contribution in [2.24, 2.45) is 27.4 Å². The number of carboxylic acid groups (broad SMARTS) is 1. The number of para-hydroxylation sites is 2. The first-order chi connectivity index (χ1) is 48.7. The lowest BCUT2D eigenvalue weighted by molar-refractivity contribution is -0.485. The van der Waals surface area contributed by atoms with Crippen LogP contribution in [0.25, 0.3) is 21.8 Å². The molecule has 2 aromatic heterocycles. The molecule has 4 aromatic carbocycles. The van der Waals surface area contributed by atoms with E-state index in [2.05, 4.69) is 64.3 Å². The molecule has 2 heterocycles. The smallest absolute Gasteiger partial charge is 0.408 e. The van der Waals surface area contributed by atoms with Crippen molar-refractivity contribution < 1.29 is 63.0 Å². The molecule has 16 N–H and O–H groups in total. The molecule has 0 aliphatic heterocycles. The first-order valence-corrected chi connectivity index (χ1v) is 33.7. The molecule has 6 atom stereocenters. The van der Waals surface area contributed by atoms with Gasteiger partial charge < -0.3 is 88.8 Å². The maximum atomic E-state index is 14.1. The average molecular weight is 1470 g/mol.